The summed E-state index contributed by atoms with van der Waals surface area (Å²) >= 11 is 1.60. The van der Waals surface area contributed by atoms with Gasteiger partial charge in [0.15, 0.2) is 5.16 Å². The van der Waals surface area contributed by atoms with Crippen LogP contribution in [0.25, 0.3) is 0 Å². The third-order valence-electron chi connectivity index (χ3n) is 1.18. The van der Waals surface area contributed by atoms with Crippen LogP contribution in [0.4, 0.5) is 0 Å². The Morgan fingerprint density at radius 2 is 2.50 bits per heavy atom. The normalized spacial score (nSPS) is 10.4. The van der Waals surface area contributed by atoms with Crippen molar-refractivity contribution in [3.05, 3.63) is 12.4 Å². The molecule has 2 N–H and O–H groups in total. The van der Waals surface area contributed by atoms with Crippen molar-refractivity contribution in [2.75, 3.05) is 25.6 Å². The number of H-pyrrole nitrogens is 1. The molecule has 0 fully saturated rings. The van der Waals surface area contributed by atoms with E-state index >= 15 is 0 Å². The number of ether oxygens (including phenoxy) is 1. The number of nitrogens with one attached hydrogen (secondary N) is 1. The molecule has 68 valence electrons. The molecular weight excluding hydrogens is 176 g/mol. The first-order valence-corrected chi connectivity index (χ1v) is 4.73. The molecule has 0 amide bonds. The number of aromatic nitrogens is 2. The summed E-state index contributed by atoms with van der Waals surface area (Å²) in [6, 6.07) is 0. The zero-order chi connectivity index (χ0) is 8.65. The maximum atomic E-state index is 8.40. The lowest BCUT2D eigenvalue weighted by molar-refractivity contribution is 0.103. The second kappa shape index (κ2) is 6.05. The van der Waals surface area contributed by atoms with Crippen LogP contribution in [-0.4, -0.2) is 40.6 Å². The molecule has 0 aromatic carbocycles. The molecule has 1 heterocycles. The van der Waals surface area contributed by atoms with Crippen molar-refractivity contribution in [3.8, 4) is 0 Å². The Bertz CT molecular complexity index is 191. The molecule has 0 aliphatic carbocycles. The lowest BCUT2D eigenvalue weighted by atomic mass is 10.7. The maximum Gasteiger partial charge on any atom is 0.165 e. The number of rotatable bonds is 6. The van der Waals surface area contributed by atoms with Gasteiger partial charge in [-0.05, 0) is 0 Å². The van der Waals surface area contributed by atoms with E-state index < -0.39 is 0 Å². The van der Waals surface area contributed by atoms with E-state index in [0.29, 0.717) is 13.2 Å². The molecule has 4 nitrogen and oxygen atoms in total. The predicted molar refractivity (Wildman–Crippen MR) is 47.2 cm³/mol. The van der Waals surface area contributed by atoms with Gasteiger partial charge >= 0.3 is 0 Å². The van der Waals surface area contributed by atoms with Crippen LogP contribution in [0.15, 0.2) is 17.6 Å². The quantitative estimate of drug-likeness (QED) is 0.504. The molecule has 5 heteroatoms. The molecule has 12 heavy (non-hydrogen) atoms. The Labute approximate surface area is 75.4 Å². The molecule has 0 atom stereocenters. The van der Waals surface area contributed by atoms with Crippen LogP contribution in [0, 0.1) is 0 Å². The molecule has 1 rings (SSSR count). The van der Waals surface area contributed by atoms with Crippen LogP contribution in [0.3, 0.4) is 0 Å². The Kier molecular flexibility index (Phi) is 4.82. The molecular formula is C7H12N2O2S. The van der Waals surface area contributed by atoms with Gasteiger partial charge < -0.3 is 14.8 Å². The fourth-order valence-electron chi connectivity index (χ4n) is 0.694. The molecule has 0 aliphatic heterocycles. The summed E-state index contributed by atoms with van der Waals surface area (Å²) in [5.74, 6) is 0.855. The number of thioether (sulfide) groups is 1. The Hall–Kier alpha value is -0.520. The minimum atomic E-state index is 0.0887. The molecule has 0 saturated heterocycles. The molecule has 0 aliphatic rings. The predicted octanol–water partition coefficient (Wildman–Crippen LogP) is 0.511. The third-order valence-corrected chi connectivity index (χ3v) is 2.04. The van der Waals surface area contributed by atoms with Crippen LogP contribution in [0.5, 0.6) is 0 Å². The maximum absolute atomic E-state index is 8.40. The van der Waals surface area contributed by atoms with Crippen molar-refractivity contribution in [2.45, 2.75) is 5.16 Å². The molecule has 1 aromatic heterocycles. The van der Waals surface area contributed by atoms with E-state index in [1.54, 1.807) is 24.2 Å². The van der Waals surface area contributed by atoms with Crippen LogP contribution in [0.2, 0.25) is 0 Å². The Balaban J connectivity index is 1.96. The SMILES string of the molecule is OCCOCCSc1ncc[nH]1. The summed E-state index contributed by atoms with van der Waals surface area (Å²) in [6.07, 6.45) is 3.51. The minimum absolute atomic E-state index is 0.0887. The fourth-order valence-corrected chi connectivity index (χ4v) is 1.37. The number of hydrogen-bond acceptors (Lipinski definition) is 4. The summed E-state index contributed by atoms with van der Waals surface area (Å²) in [4.78, 5) is 7.01. The van der Waals surface area contributed by atoms with E-state index in [1.165, 1.54) is 0 Å². The molecule has 0 unspecified atom stereocenters. The van der Waals surface area contributed by atoms with Crippen molar-refractivity contribution in [1.82, 2.24) is 9.97 Å². The van der Waals surface area contributed by atoms with E-state index in [0.717, 1.165) is 10.9 Å². The highest BCUT2D eigenvalue weighted by molar-refractivity contribution is 7.99. The standard InChI is InChI=1S/C7H12N2O2S/c10-3-4-11-5-6-12-7-8-1-2-9-7/h1-2,10H,3-6H2,(H,8,9). The highest BCUT2D eigenvalue weighted by Gasteiger charge is 1.94. The summed E-state index contributed by atoms with van der Waals surface area (Å²) in [7, 11) is 0. The van der Waals surface area contributed by atoms with Crippen LogP contribution in [0.1, 0.15) is 0 Å². The topological polar surface area (TPSA) is 58.1 Å². The van der Waals surface area contributed by atoms with Gasteiger partial charge in [0.2, 0.25) is 0 Å². The average molecular weight is 188 g/mol. The fraction of sp³-hybridized carbons (Fsp3) is 0.571. The lowest BCUT2D eigenvalue weighted by Gasteiger charge is -1.99. The van der Waals surface area contributed by atoms with E-state index in [9.17, 15) is 0 Å². The van der Waals surface area contributed by atoms with E-state index in [1.807, 2.05) is 0 Å². The van der Waals surface area contributed by atoms with Crippen molar-refractivity contribution in [3.63, 3.8) is 0 Å². The average Bonchev–Trinajstić information content (AvgIpc) is 2.57. The number of nitrogens with zero attached hydrogens (tertiary/aromatic N) is 1. The second-order valence-electron chi connectivity index (χ2n) is 2.08. The smallest absolute Gasteiger partial charge is 0.165 e. The van der Waals surface area contributed by atoms with Crippen molar-refractivity contribution < 1.29 is 9.84 Å². The number of aromatic amines is 1. The van der Waals surface area contributed by atoms with Gasteiger partial charge in [-0.15, -0.1) is 0 Å². The van der Waals surface area contributed by atoms with Gasteiger partial charge in [0.1, 0.15) is 0 Å². The number of aliphatic hydroxyl groups excluding tert-OH is 1. The summed E-state index contributed by atoms with van der Waals surface area (Å²) in [5.41, 5.74) is 0. The Morgan fingerprint density at radius 3 is 3.17 bits per heavy atom. The van der Waals surface area contributed by atoms with E-state index in [-0.39, 0.29) is 6.61 Å². The van der Waals surface area contributed by atoms with Crippen molar-refractivity contribution >= 4 is 11.8 Å². The zero-order valence-electron chi connectivity index (χ0n) is 6.69. The van der Waals surface area contributed by atoms with Gasteiger partial charge in [-0.3, -0.25) is 0 Å². The first-order valence-electron chi connectivity index (χ1n) is 3.74. The molecule has 0 radical (unpaired) electrons. The third kappa shape index (κ3) is 3.75. The van der Waals surface area contributed by atoms with Crippen LogP contribution >= 0.6 is 11.8 Å². The summed E-state index contributed by atoms with van der Waals surface area (Å²) < 4.78 is 5.07. The number of aliphatic hydroxyl groups is 1. The van der Waals surface area contributed by atoms with Crippen LogP contribution in [-0.2, 0) is 4.74 Å². The zero-order valence-corrected chi connectivity index (χ0v) is 7.51. The Morgan fingerprint density at radius 1 is 1.58 bits per heavy atom. The second-order valence-corrected chi connectivity index (χ2v) is 3.16. The van der Waals surface area contributed by atoms with Crippen LogP contribution < -0.4 is 0 Å². The van der Waals surface area contributed by atoms with Crippen molar-refractivity contribution in [1.29, 1.82) is 0 Å². The largest absolute Gasteiger partial charge is 0.394 e. The van der Waals surface area contributed by atoms with Gasteiger partial charge in [0.25, 0.3) is 0 Å². The van der Waals surface area contributed by atoms with Gasteiger partial charge in [0.05, 0.1) is 19.8 Å². The van der Waals surface area contributed by atoms with E-state index in [4.69, 9.17) is 9.84 Å². The highest BCUT2D eigenvalue weighted by atomic mass is 32.2. The first kappa shape index (κ1) is 9.57. The van der Waals surface area contributed by atoms with Crippen molar-refractivity contribution in [2.24, 2.45) is 0 Å². The minimum Gasteiger partial charge on any atom is -0.394 e. The van der Waals surface area contributed by atoms with Gasteiger partial charge in [-0.25, -0.2) is 4.98 Å². The summed E-state index contributed by atoms with van der Waals surface area (Å²) in [6.45, 7) is 1.15. The summed E-state index contributed by atoms with van der Waals surface area (Å²) in [5, 5.41) is 9.30. The van der Waals surface area contributed by atoms with Gasteiger partial charge in [-0.2, -0.15) is 0 Å². The first-order chi connectivity index (χ1) is 5.93. The monoisotopic (exact) mass is 188 g/mol. The molecule has 0 bridgehead atoms. The molecule has 0 saturated carbocycles. The van der Waals surface area contributed by atoms with Gasteiger partial charge in [-0.1, -0.05) is 11.8 Å². The molecule has 1 aromatic rings. The highest BCUT2D eigenvalue weighted by Crippen LogP contribution is 2.10. The molecule has 0 spiro atoms. The van der Waals surface area contributed by atoms with Gasteiger partial charge in [0, 0.05) is 18.1 Å². The number of hydrogen-bond donors (Lipinski definition) is 2. The lowest BCUT2D eigenvalue weighted by Crippen LogP contribution is -2.02. The number of imidazole rings is 1. The van der Waals surface area contributed by atoms with E-state index in [2.05, 4.69) is 9.97 Å².